The lowest BCUT2D eigenvalue weighted by Crippen LogP contribution is -2.34. The summed E-state index contributed by atoms with van der Waals surface area (Å²) in [5.41, 5.74) is 0. The third kappa shape index (κ3) is 4.65. The van der Waals surface area contributed by atoms with E-state index in [2.05, 4.69) is 29.8 Å². The van der Waals surface area contributed by atoms with Gasteiger partial charge < -0.3 is 4.90 Å². The van der Waals surface area contributed by atoms with E-state index in [1.807, 2.05) is 18.9 Å². The SMILES string of the molecule is CC(C)C(C)C(=O)N(C)CCCBr. The molecule has 0 aliphatic carbocycles. The highest BCUT2D eigenvalue weighted by Gasteiger charge is 2.19. The lowest BCUT2D eigenvalue weighted by Gasteiger charge is -2.23. The Kier molecular flexibility index (Phi) is 6.39. The van der Waals surface area contributed by atoms with Gasteiger partial charge in [0.15, 0.2) is 0 Å². The number of nitrogens with zero attached hydrogens (tertiary/aromatic N) is 1. The minimum atomic E-state index is 0.139. The Bertz CT molecular complexity index is 159. The fraction of sp³-hybridized carbons (Fsp3) is 0.900. The molecule has 13 heavy (non-hydrogen) atoms. The normalized spacial score (nSPS) is 13.1. The first-order chi connectivity index (χ1) is 6.00. The van der Waals surface area contributed by atoms with Gasteiger partial charge in [-0.15, -0.1) is 0 Å². The number of hydrogen-bond acceptors (Lipinski definition) is 1. The molecule has 0 spiro atoms. The van der Waals surface area contributed by atoms with Crippen LogP contribution in [0, 0.1) is 11.8 Å². The van der Waals surface area contributed by atoms with Crippen molar-refractivity contribution in [2.75, 3.05) is 18.9 Å². The molecular formula is C10H20BrNO. The molecule has 3 heteroatoms. The van der Waals surface area contributed by atoms with E-state index in [1.165, 1.54) is 0 Å². The molecule has 0 rings (SSSR count). The third-order valence-electron chi connectivity index (χ3n) is 2.39. The molecule has 2 nitrogen and oxygen atoms in total. The predicted octanol–water partition coefficient (Wildman–Crippen LogP) is 2.52. The number of amides is 1. The molecule has 0 saturated heterocycles. The molecule has 0 heterocycles. The average Bonchev–Trinajstić information content (AvgIpc) is 2.11. The van der Waals surface area contributed by atoms with Crippen LogP contribution in [-0.2, 0) is 4.79 Å². The molecule has 0 fully saturated rings. The van der Waals surface area contributed by atoms with Gasteiger partial charge in [0.2, 0.25) is 5.91 Å². The van der Waals surface area contributed by atoms with Crippen molar-refractivity contribution in [1.29, 1.82) is 0 Å². The van der Waals surface area contributed by atoms with Crippen molar-refractivity contribution in [2.45, 2.75) is 27.2 Å². The summed E-state index contributed by atoms with van der Waals surface area (Å²) in [7, 11) is 1.88. The summed E-state index contributed by atoms with van der Waals surface area (Å²) < 4.78 is 0. The van der Waals surface area contributed by atoms with Gasteiger partial charge in [-0.05, 0) is 12.3 Å². The lowest BCUT2D eigenvalue weighted by molar-refractivity contribution is -0.134. The molecule has 0 radical (unpaired) electrons. The van der Waals surface area contributed by atoms with E-state index in [1.54, 1.807) is 0 Å². The summed E-state index contributed by atoms with van der Waals surface area (Å²) in [6.07, 6.45) is 1.02. The molecule has 0 aromatic carbocycles. The average molecular weight is 250 g/mol. The standard InChI is InChI=1S/C10H20BrNO/c1-8(2)9(3)10(13)12(4)7-5-6-11/h8-9H,5-7H2,1-4H3. The van der Waals surface area contributed by atoms with E-state index in [9.17, 15) is 4.79 Å². The lowest BCUT2D eigenvalue weighted by atomic mass is 9.97. The minimum absolute atomic E-state index is 0.139. The van der Waals surface area contributed by atoms with E-state index >= 15 is 0 Å². The molecule has 1 atom stereocenters. The highest BCUT2D eigenvalue weighted by Crippen LogP contribution is 2.12. The van der Waals surface area contributed by atoms with Gasteiger partial charge in [-0.25, -0.2) is 0 Å². The van der Waals surface area contributed by atoms with Crippen molar-refractivity contribution in [3.05, 3.63) is 0 Å². The number of hydrogen-bond donors (Lipinski definition) is 0. The van der Waals surface area contributed by atoms with E-state index < -0.39 is 0 Å². The first kappa shape index (κ1) is 12.9. The zero-order chi connectivity index (χ0) is 10.4. The van der Waals surface area contributed by atoms with Crippen LogP contribution < -0.4 is 0 Å². The van der Waals surface area contributed by atoms with E-state index in [-0.39, 0.29) is 11.8 Å². The smallest absolute Gasteiger partial charge is 0.225 e. The Balaban J connectivity index is 3.94. The molecule has 1 unspecified atom stereocenters. The molecule has 0 saturated carbocycles. The van der Waals surface area contributed by atoms with Crippen LogP contribution in [0.25, 0.3) is 0 Å². The quantitative estimate of drug-likeness (QED) is 0.686. The van der Waals surface area contributed by atoms with E-state index in [0.717, 1.165) is 18.3 Å². The van der Waals surface area contributed by atoms with Crippen molar-refractivity contribution in [3.8, 4) is 0 Å². The van der Waals surface area contributed by atoms with Gasteiger partial charge in [-0.2, -0.15) is 0 Å². The number of carbonyl (C=O) groups is 1. The molecule has 1 amide bonds. The monoisotopic (exact) mass is 249 g/mol. The van der Waals surface area contributed by atoms with Gasteiger partial charge in [-0.3, -0.25) is 4.79 Å². The fourth-order valence-electron chi connectivity index (χ4n) is 1.04. The summed E-state index contributed by atoms with van der Waals surface area (Å²) in [6.45, 7) is 7.01. The van der Waals surface area contributed by atoms with Crippen LogP contribution in [0.3, 0.4) is 0 Å². The number of carbonyl (C=O) groups excluding carboxylic acids is 1. The van der Waals surface area contributed by atoms with Crippen molar-refractivity contribution < 1.29 is 4.79 Å². The second kappa shape index (κ2) is 6.41. The Morgan fingerprint density at radius 3 is 2.31 bits per heavy atom. The maximum absolute atomic E-state index is 11.7. The van der Waals surface area contributed by atoms with Gasteiger partial charge in [0.05, 0.1) is 0 Å². The number of rotatable bonds is 5. The second-order valence-electron chi connectivity index (χ2n) is 3.84. The van der Waals surface area contributed by atoms with Gasteiger partial charge in [0.1, 0.15) is 0 Å². The fourth-order valence-corrected chi connectivity index (χ4v) is 1.29. The van der Waals surface area contributed by atoms with Crippen LogP contribution in [0.15, 0.2) is 0 Å². The summed E-state index contributed by atoms with van der Waals surface area (Å²) in [4.78, 5) is 13.5. The van der Waals surface area contributed by atoms with Crippen LogP contribution in [0.2, 0.25) is 0 Å². The Hall–Kier alpha value is -0.0500. The maximum atomic E-state index is 11.7. The van der Waals surface area contributed by atoms with E-state index in [4.69, 9.17) is 0 Å². The summed E-state index contributed by atoms with van der Waals surface area (Å²) >= 11 is 3.35. The molecular weight excluding hydrogens is 230 g/mol. The molecule has 0 bridgehead atoms. The molecule has 0 aromatic rings. The van der Waals surface area contributed by atoms with Gasteiger partial charge in [0.25, 0.3) is 0 Å². The summed E-state index contributed by atoms with van der Waals surface area (Å²) in [6, 6.07) is 0. The van der Waals surface area contributed by atoms with Crippen LogP contribution in [-0.4, -0.2) is 29.7 Å². The van der Waals surface area contributed by atoms with Gasteiger partial charge in [-0.1, -0.05) is 36.7 Å². The van der Waals surface area contributed by atoms with Crippen LogP contribution in [0.5, 0.6) is 0 Å². The third-order valence-corrected chi connectivity index (χ3v) is 2.95. The zero-order valence-electron chi connectivity index (χ0n) is 9.01. The largest absolute Gasteiger partial charge is 0.345 e. The van der Waals surface area contributed by atoms with Gasteiger partial charge in [0, 0.05) is 24.8 Å². The van der Waals surface area contributed by atoms with Crippen molar-refractivity contribution in [1.82, 2.24) is 4.90 Å². The molecule has 0 aliphatic heterocycles. The van der Waals surface area contributed by atoms with Crippen molar-refractivity contribution in [3.63, 3.8) is 0 Å². The van der Waals surface area contributed by atoms with E-state index in [0.29, 0.717) is 5.92 Å². The maximum Gasteiger partial charge on any atom is 0.225 e. The Morgan fingerprint density at radius 2 is 1.92 bits per heavy atom. The first-order valence-electron chi connectivity index (χ1n) is 4.81. The predicted molar refractivity (Wildman–Crippen MR) is 60.1 cm³/mol. The second-order valence-corrected chi connectivity index (χ2v) is 4.63. The van der Waals surface area contributed by atoms with Crippen LogP contribution in [0.1, 0.15) is 27.2 Å². The Labute approximate surface area is 89.8 Å². The van der Waals surface area contributed by atoms with Crippen molar-refractivity contribution in [2.24, 2.45) is 11.8 Å². The number of halogens is 1. The van der Waals surface area contributed by atoms with Crippen LogP contribution in [0.4, 0.5) is 0 Å². The van der Waals surface area contributed by atoms with Crippen LogP contribution >= 0.6 is 15.9 Å². The Morgan fingerprint density at radius 1 is 1.38 bits per heavy atom. The highest BCUT2D eigenvalue weighted by molar-refractivity contribution is 9.09. The minimum Gasteiger partial charge on any atom is -0.345 e. The highest BCUT2D eigenvalue weighted by atomic mass is 79.9. The first-order valence-corrected chi connectivity index (χ1v) is 5.93. The summed E-state index contributed by atoms with van der Waals surface area (Å²) in [5.74, 6) is 0.829. The number of alkyl halides is 1. The molecule has 0 N–H and O–H groups in total. The zero-order valence-corrected chi connectivity index (χ0v) is 10.6. The molecule has 0 aliphatic rings. The molecule has 0 aromatic heterocycles. The summed E-state index contributed by atoms with van der Waals surface area (Å²) in [5, 5.41) is 0.959. The topological polar surface area (TPSA) is 20.3 Å². The van der Waals surface area contributed by atoms with Gasteiger partial charge >= 0.3 is 0 Å². The van der Waals surface area contributed by atoms with Crippen molar-refractivity contribution >= 4 is 21.8 Å². The molecule has 78 valence electrons.